The number of hydrogen-bond acceptors (Lipinski definition) is 5. The number of carbonyl (C=O) groups is 1. The van der Waals surface area contributed by atoms with E-state index in [0.717, 1.165) is 15.6 Å². The summed E-state index contributed by atoms with van der Waals surface area (Å²) in [6.07, 6.45) is 1.12. The Labute approximate surface area is 138 Å². The molecule has 2 heterocycles. The Hall–Kier alpha value is -2.18. The van der Waals surface area contributed by atoms with Crippen LogP contribution >= 0.6 is 23.2 Å². The number of ketones is 1. The lowest BCUT2D eigenvalue weighted by Crippen LogP contribution is -2.12. The highest BCUT2D eigenvalue weighted by Gasteiger charge is 2.26. The summed E-state index contributed by atoms with van der Waals surface area (Å²) in [6, 6.07) is 1.82. The smallest absolute Gasteiger partial charge is 0.388 e. The predicted molar refractivity (Wildman–Crippen MR) is 76.4 cm³/mol. The number of hydrogen-bond donors (Lipinski definition) is 0. The van der Waals surface area contributed by atoms with Crippen molar-refractivity contribution in [3.8, 4) is 17.8 Å². The molecule has 0 saturated heterocycles. The zero-order valence-corrected chi connectivity index (χ0v) is 13.1. The van der Waals surface area contributed by atoms with Crippen LogP contribution in [0.25, 0.3) is 5.82 Å². The van der Waals surface area contributed by atoms with Gasteiger partial charge < -0.3 is 4.74 Å². The first-order chi connectivity index (χ1) is 10.9. The summed E-state index contributed by atoms with van der Waals surface area (Å²) in [5.41, 5.74) is -0.0742. The summed E-state index contributed by atoms with van der Waals surface area (Å²) in [6.45, 7) is -3.10. The van der Waals surface area contributed by atoms with Crippen LogP contribution in [0.15, 0.2) is 6.20 Å². The van der Waals surface area contributed by atoms with Crippen LogP contribution in [0.4, 0.5) is 8.78 Å². The van der Waals surface area contributed by atoms with Crippen molar-refractivity contribution in [1.29, 1.82) is 5.26 Å². The maximum atomic E-state index is 12.4. The molecular formula is C12H9Cl2F2N5O2. The Morgan fingerprint density at radius 2 is 2.26 bits per heavy atom. The molecule has 122 valence electrons. The molecule has 0 amide bonds. The number of nitrogens with zero attached hydrogens (tertiary/aromatic N) is 5. The molecule has 0 aromatic carbocycles. The average molecular weight is 364 g/mol. The zero-order chi connectivity index (χ0) is 17.1. The van der Waals surface area contributed by atoms with Gasteiger partial charge in [-0.1, -0.05) is 11.6 Å². The summed E-state index contributed by atoms with van der Waals surface area (Å²) in [4.78, 5) is 12.1. The van der Waals surface area contributed by atoms with Crippen molar-refractivity contribution in [1.82, 2.24) is 19.6 Å². The van der Waals surface area contributed by atoms with Crippen molar-refractivity contribution < 1.29 is 18.3 Å². The number of aromatic nitrogens is 4. The molecule has 0 spiro atoms. The maximum absolute atomic E-state index is 12.4. The van der Waals surface area contributed by atoms with Gasteiger partial charge in [0.15, 0.2) is 11.6 Å². The second kappa shape index (κ2) is 6.93. The Balaban J connectivity index is 2.58. The number of carbonyl (C=O) groups excluding carboxylic acids is 1. The standard InChI is InChI=1S/C12H9Cl2F2N5O2/c1-20-11(23-12(15)16)8(14)10(19-20)21-9(7(22)2-3-13)6(4-17)5-18-21/h5,12H,2-3H2,1H3. The van der Waals surface area contributed by atoms with E-state index in [9.17, 15) is 13.6 Å². The van der Waals surface area contributed by atoms with E-state index < -0.39 is 12.4 Å². The molecule has 0 aliphatic heterocycles. The van der Waals surface area contributed by atoms with E-state index in [1.165, 1.54) is 7.05 Å². The minimum Gasteiger partial charge on any atom is -0.415 e. The minimum absolute atomic E-state index is 0.00170. The molecular weight excluding hydrogens is 355 g/mol. The van der Waals surface area contributed by atoms with Crippen LogP contribution in [-0.4, -0.2) is 37.8 Å². The Morgan fingerprint density at radius 1 is 1.57 bits per heavy atom. The number of alkyl halides is 3. The zero-order valence-electron chi connectivity index (χ0n) is 11.6. The van der Waals surface area contributed by atoms with Gasteiger partial charge in [0.1, 0.15) is 22.3 Å². The van der Waals surface area contributed by atoms with Gasteiger partial charge in [0, 0.05) is 19.3 Å². The summed E-state index contributed by atoms with van der Waals surface area (Å²) < 4.78 is 31.1. The monoisotopic (exact) mass is 363 g/mol. The number of ether oxygens (including phenoxy) is 1. The van der Waals surface area contributed by atoms with E-state index in [1.54, 1.807) is 0 Å². The van der Waals surface area contributed by atoms with Gasteiger partial charge in [0.2, 0.25) is 5.88 Å². The van der Waals surface area contributed by atoms with Crippen LogP contribution in [-0.2, 0) is 7.05 Å². The molecule has 0 radical (unpaired) electrons. The fraction of sp³-hybridized carbons (Fsp3) is 0.333. The Kier molecular flexibility index (Phi) is 5.18. The molecule has 2 aromatic rings. The SMILES string of the molecule is Cn1nc(-n2ncc(C#N)c2C(=O)CCCl)c(Cl)c1OC(F)F. The molecule has 0 fully saturated rings. The average Bonchev–Trinajstić information content (AvgIpc) is 3.03. The summed E-state index contributed by atoms with van der Waals surface area (Å²) in [7, 11) is 1.34. The van der Waals surface area contributed by atoms with Crippen LogP contribution in [0, 0.1) is 11.3 Å². The van der Waals surface area contributed by atoms with Crippen LogP contribution in [0.1, 0.15) is 22.5 Å². The molecule has 2 rings (SSSR count). The number of aryl methyl sites for hydroxylation is 1. The van der Waals surface area contributed by atoms with Crippen molar-refractivity contribution in [2.24, 2.45) is 7.05 Å². The van der Waals surface area contributed by atoms with E-state index in [0.29, 0.717) is 0 Å². The molecule has 11 heteroatoms. The number of halogens is 4. The molecule has 2 aromatic heterocycles. The minimum atomic E-state index is -3.10. The molecule has 7 nitrogen and oxygen atoms in total. The summed E-state index contributed by atoms with van der Waals surface area (Å²) in [5.74, 6) is -0.900. The second-order valence-corrected chi connectivity index (χ2v) is 4.99. The van der Waals surface area contributed by atoms with Crippen molar-refractivity contribution in [3.63, 3.8) is 0 Å². The van der Waals surface area contributed by atoms with Crippen LogP contribution in [0.2, 0.25) is 5.02 Å². The van der Waals surface area contributed by atoms with E-state index >= 15 is 0 Å². The molecule has 0 atom stereocenters. The van der Waals surface area contributed by atoms with Crippen molar-refractivity contribution in [2.75, 3.05) is 5.88 Å². The third-order valence-corrected chi connectivity index (χ3v) is 3.32. The van der Waals surface area contributed by atoms with Crippen molar-refractivity contribution >= 4 is 29.0 Å². The van der Waals surface area contributed by atoms with E-state index in [4.69, 9.17) is 28.5 Å². The van der Waals surface area contributed by atoms with Gasteiger partial charge in [-0.25, -0.2) is 9.36 Å². The number of nitriles is 1. The molecule has 0 aliphatic carbocycles. The topological polar surface area (TPSA) is 85.7 Å². The predicted octanol–water partition coefficient (Wildman–Crippen LogP) is 2.54. The summed E-state index contributed by atoms with van der Waals surface area (Å²) >= 11 is 11.5. The van der Waals surface area contributed by atoms with Gasteiger partial charge >= 0.3 is 6.61 Å². The largest absolute Gasteiger partial charge is 0.415 e. The first-order valence-electron chi connectivity index (χ1n) is 6.15. The fourth-order valence-corrected chi connectivity index (χ4v) is 2.34. The second-order valence-electron chi connectivity index (χ2n) is 4.24. The van der Waals surface area contributed by atoms with Gasteiger partial charge in [-0.15, -0.1) is 16.7 Å². The maximum Gasteiger partial charge on any atom is 0.388 e. The van der Waals surface area contributed by atoms with Gasteiger partial charge in [-0.2, -0.15) is 19.1 Å². The molecule has 0 N–H and O–H groups in total. The quantitative estimate of drug-likeness (QED) is 0.581. The van der Waals surface area contributed by atoms with Crippen LogP contribution in [0.5, 0.6) is 5.88 Å². The first kappa shape index (κ1) is 17.2. The van der Waals surface area contributed by atoms with Crippen molar-refractivity contribution in [2.45, 2.75) is 13.0 Å². The molecule has 23 heavy (non-hydrogen) atoms. The Morgan fingerprint density at radius 3 is 2.83 bits per heavy atom. The first-order valence-corrected chi connectivity index (χ1v) is 7.06. The van der Waals surface area contributed by atoms with Gasteiger partial charge in [0.25, 0.3) is 0 Å². The summed E-state index contributed by atoms with van der Waals surface area (Å²) in [5, 5.41) is 16.6. The highest BCUT2D eigenvalue weighted by Crippen LogP contribution is 2.32. The highest BCUT2D eigenvalue weighted by atomic mass is 35.5. The fourth-order valence-electron chi connectivity index (χ4n) is 1.88. The molecule has 0 unspecified atom stereocenters. The number of Topliss-reactive ketones (excluding diaryl/α,β-unsaturated/α-hetero) is 1. The van der Waals surface area contributed by atoms with E-state index in [2.05, 4.69) is 14.9 Å². The third kappa shape index (κ3) is 3.28. The lowest BCUT2D eigenvalue weighted by Gasteiger charge is -2.04. The number of rotatable bonds is 6. The molecule has 0 saturated carbocycles. The lowest BCUT2D eigenvalue weighted by atomic mass is 10.1. The van der Waals surface area contributed by atoms with Gasteiger partial charge in [0.05, 0.1) is 6.20 Å². The normalized spacial score (nSPS) is 10.8. The lowest BCUT2D eigenvalue weighted by molar-refractivity contribution is -0.0552. The van der Waals surface area contributed by atoms with Crippen LogP contribution in [0.3, 0.4) is 0 Å². The van der Waals surface area contributed by atoms with E-state index in [1.807, 2.05) is 6.07 Å². The van der Waals surface area contributed by atoms with Crippen LogP contribution < -0.4 is 4.74 Å². The molecule has 0 aliphatic rings. The van der Waals surface area contributed by atoms with E-state index in [-0.39, 0.29) is 40.3 Å². The highest BCUT2D eigenvalue weighted by molar-refractivity contribution is 6.33. The van der Waals surface area contributed by atoms with Crippen molar-refractivity contribution in [3.05, 3.63) is 22.5 Å². The molecule has 0 bridgehead atoms. The van der Waals surface area contributed by atoms with Gasteiger partial charge in [-0.05, 0) is 0 Å². The van der Waals surface area contributed by atoms with Gasteiger partial charge in [-0.3, -0.25) is 4.79 Å². The Bertz CT molecular complexity index is 781. The third-order valence-electron chi connectivity index (χ3n) is 2.80.